The van der Waals surface area contributed by atoms with Gasteiger partial charge in [-0.1, -0.05) is 48.9 Å². The van der Waals surface area contributed by atoms with Crippen molar-refractivity contribution in [1.29, 1.82) is 0 Å². The first-order valence-corrected chi connectivity index (χ1v) is 9.41. The van der Waals surface area contributed by atoms with Crippen LogP contribution in [0.15, 0.2) is 54.6 Å². The Kier molecular flexibility index (Phi) is 4.49. The van der Waals surface area contributed by atoms with Gasteiger partial charge in [0.2, 0.25) is 11.8 Å². The Balaban J connectivity index is 1.40. The molecule has 4 nitrogen and oxygen atoms in total. The molecule has 0 aliphatic heterocycles. The first-order chi connectivity index (χ1) is 12.7. The minimum atomic E-state index is -0.376. The number of benzene rings is 2. The first kappa shape index (κ1) is 16.8. The van der Waals surface area contributed by atoms with Gasteiger partial charge in [-0.25, -0.2) is 0 Å². The lowest BCUT2D eigenvalue weighted by atomic mass is 9.64. The maximum Gasteiger partial charge on any atom is 0.230 e. The van der Waals surface area contributed by atoms with Gasteiger partial charge < -0.3 is 10.6 Å². The van der Waals surface area contributed by atoms with E-state index in [1.165, 1.54) is 0 Å². The van der Waals surface area contributed by atoms with E-state index in [0.717, 1.165) is 48.9 Å². The van der Waals surface area contributed by atoms with Crippen molar-refractivity contribution in [1.82, 2.24) is 5.32 Å². The topological polar surface area (TPSA) is 58.2 Å². The van der Waals surface area contributed by atoms with E-state index in [9.17, 15) is 9.59 Å². The quantitative estimate of drug-likeness (QED) is 0.835. The van der Waals surface area contributed by atoms with Crippen molar-refractivity contribution in [3.05, 3.63) is 65.7 Å². The number of hydrogen-bond donors (Lipinski definition) is 2. The third kappa shape index (κ3) is 3.36. The van der Waals surface area contributed by atoms with Crippen molar-refractivity contribution in [2.24, 2.45) is 5.92 Å². The lowest BCUT2D eigenvalue weighted by Gasteiger charge is -2.40. The summed E-state index contributed by atoms with van der Waals surface area (Å²) in [6.07, 6.45) is 4.87. The van der Waals surface area contributed by atoms with E-state index in [1.807, 2.05) is 54.6 Å². The molecule has 2 aromatic carbocycles. The molecule has 4 heteroatoms. The van der Waals surface area contributed by atoms with Crippen molar-refractivity contribution >= 4 is 17.5 Å². The number of hydrogen-bond acceptors (Lipinski definition) is 2. The van der Waals surface area contributed by atoms with E-state index in [-0.39, 0.29) is 23.1 Å². The molecule has 2 fully saturated rings. The van der Waals surface area contributed by atoms with Crippen LogP contribution in [0.2, 0.25) is 0 Å². The summed E-state index contributed by atoms with van der Waals surface area (Å²) >= 11 is 0. The summed E-state index contributed by atoms with van der Waals surface area (Å²) in [7, 11) is 0. The largest absolute Gasteiger partial charge is 0.351 e. The number of carbonyl (C=O) groups excluding carboxylic acids is 2. The normalized spacial score (nSPS) is 17.8. The molecule has 0 saturated heterocycles. The van der Waals surface area contributed by atoms with Gasteiger partial charge in [0, 0.05) is 18.2 Å². The Bertz CT molecular complexity index is 808. The second kappa shape index (κ2) is 6.94. The minimum Gasteiger partial charge on any atom is -0.351 e. The van der Waals surface area contributed by atoms with Crippen LogP contribution in [-0.4, -0.2) is 11.8 Å². The zero-order chi connectivity index (χ0) is 18.0. The molecule has 0 atom stereocenters. The van der Waals surface area contributed by atoms with Crippen LogP contribution in [0.1, 0.15) is 43.2 Å². The molecule has 0 spiro atoms. The first-order valence-electron chi connectivity index (χ1n) is 9.41. The van der Waals surface area contributed by atoms with Gasteiger partial charge in [0.1, 0.15) is 0 Å². The lowest BCUT2D eigenvalue weighted by Crippen LogP contribution is -2.48. The number of rotatable bonds is 6. The second-order valence-corrected chi connectivity index (χ2v) is 7.45. The summed E-state index contributed by atoms with van der Waals surface area (Å²) in [5.41, 5.74) is 2.53. The van der Waals surface area contributed by atoms with E-state index in [0.29, 0.717) is 6.54 Å². The zero-order valence-corrected chi connectivity index (χ0v) is 14.8. The van der Waals surface area contributed by atoms with Gasteiger partial charge in [-0.2, -0.15) is 0 Å². The van der Waals surface area contributed by atoms with Crippen LogP contribution in [0, 0.1) is 5.92 Å². The molecule has 0 unspecified atom stereocenters. The molecule has 2 aromatic rings. The lowest BCUT2D eigenvalue weighted by molar-refractivity contribution is -0.130. The highest BCUT2D eigenvalue weighted by Gasteiger charge is 2.45. The van der Waals surface area contributed by atoms with Crippen molar-refractivity contribution in [3.8, 4) is 0 Å². The number of nitrogens with one attached hydrogen (secondary N) is 2. The molecule has 0 aromatic heterocycles. The van der Waals surface area contributed by atoms with E-state index in [4.69, 9.17) is 0 Å². The van der Waals surface area contributed by atoms with E-state index in [2.05, 4.69) is 10.6 Å². The maximum absolute atomic E-state index is 12.9. The molecule has 4 rings (SSSR count). The SMILES string of the molecule is O=C(Nc1cccc(CNC(=O)C2(c3ccccc3)CCC2)c1)C1CC1. The summed E-state index contributed by atoms with van der Waals surface area (Å²) in [6, 6.07) is 17.8. The Hall–Kier alpha value is -2.62. The molecule has 134 valence electrons. The van der Waals surface area contributed by atoms with Gasteiger partial charge >= 0.3 is 0 Å². The number of amides is 2. The molecule has 2 N–H and O–H groups in total. The van der Waals surface area contributed by atoms with Crippen LogP contribution >= 0.6 is 0 Å². The van der Waals surface area contributed by atoms with Gasteiger partial charge in [-0.3, -0.25) is 9.59 Å². The summed E-state index contributed by atoms with van der Waals surface area (Å²) in [5, 5.41) is 6.06. The Labute approximate surface area is 154 Å². The predicted octanol–water partition coefficient (Wildman–Crippen LogP) is 3.77. The fourth-order valence-corrected chi connectivity index (χ4v) is 3.63. The van der Waals surface area contributed by atoms with Gasteiger partial charge in [-0.05, 0) is 48.9 Å². The predicted molar refractivity (Wildman–Crippen MR) is 102 cm³/mol. The van der Waals surface area contributed by atoms with Crippen LogP contribution in [0.4, 0.5) is 5.69 Å². The summed E-state index contributed by atoms with van der Waals surface area (Å²) in [5.74, 6) is 0.383. The van der Waals surface area contributed by atoms with Crippen molar-refractivity contribution < 1.29 is 9.59 Å². The molecule has 2 aliphatic carbocycles. The molecule has 0 heterocycles. The molecular weight excluding hydrogens is 324 g/mol. The molecule has 2 amide bonds. The standard InChI is InChI=1S/C22H24N2O2/c25-20(17-10-11-17)24-19-9-4-6-16(14-19)15-23-21(26)22(12-5-13-22)18-7-2-1-3-8-18/h1-4,6-9,14,17H,5,10-13,15H2,(H,23,26)(H,24,25). The maximum atomic E-state index is 12.9. The molecule has 26 heavy (non-hydrogen) atoms. The van der Waals surface area contributed by atoms with Gasteiger partial charge in [0.15, 0.2) is 0 Å². The minimum absolute atomic E-state index is 0.0994. The van der Waals surface area contributed by atoms with Crippen LogP contribution < -0.4 is 10.6 Å². The van der Waals surface area contributed by atoms with Crippen molar-refractivity contribution in [2.75, 3.05) is 5.32 Å². The van der Waals surface area contributed by atoms with Gasteiger partial charge in [-0.15, -0.1) is 0 Å². The zero-order valence-electron chi connectivity index (χ0n) is 14.8. The van der Waals surface area contributed by atoms with Crippen LogP contribution in [0.25, 0.3) is 0 Å². The van der Waals surface area contributed by atoms with Crippen molar-refractivity contribution in [3.63, 3.8) is 0 Å². The highest BCUT2D eigenvalue weighted by atomic mass is 16.2. The van der Waals surface area contributed by atoms with Crippen LogP contribution in [0.3, 0.4) is 0 Å². The van der Waals surface area contributed by atoms with Gasteiger partial charge in [0.25, 0.3) is 0 Å². The molecule has 2 saturated carbocycles. The highest BCUT2D eigenvalue weighted by Crippen LogP contribution is 2.43. The van der Waals surface area contributed by atoms with E-state index < -0.39 is 0 Å². The fraction of sp³-hybridized carbons (Fsp3) is 0.364. The molecular formula is C22H24N2O2. The third-order valence-electron chi connectivity index (χ3n) is 5.56. The Morgan fingerprint density at radius 2 is 1.77 bits per heavy atom. The smallest absolute Gasteiger partial charge is 0.230 e. The third-order valence-corrected chi connectivity index (χ3v) is 5.56. The number of anilines is 1. The summed E-state index contributed by atoms with van der Waals surface area (Å²) in [4.78, 5) is 24.8. The van der Waals surface area contributed by atoms with Gasteiger partial charge in [0.05, 0.1) is 5.41 Å². The molecule has 0 bridgehead atoms. The second-order valence-electron chi connectivity index (χ2n) is 7.45. The average molecular weight is 348 g/mol. The number of carbonyl (C=O) groups is 2. The van der Waals surface area contributed by atoms with Crippen LogP contribution in [0.5, 0.6) is 0 Å². The highest BCUT2D eigenvalue weighted by molar-refractivity contribution is 5.94. The summed E-state index contributed by atoms with van der Waals surface area (Å²) < 4.78 is 0. The Morgan fingerprint density at radius 1 is 1.00 bits per heavy atom. The average Bonchev–Trinajstić information content (AvgIpc) is 3.45. The molecule has 0 radical (unpaired) electrons. The monoisotopic (exact) mass is 348 g/mol. The summed E-state index contributed by atoms with van der Waals surface area (Å²) in [6.45, 7) is 0.473. The Morgan fingerprint density at radius 3 is 2.42 bits per heavy atom. The van der Waals surface area contributed by atoms with E-state index in [1.54, 1.807) is 0 Å². The van der Waals surface area contributed by atoms with Crippen LogP contribution in [-0.2, 0) is 21.5 Å². The molecule has 2 aliphatic rings. The van der Waals surface area contributed by atoms with Crippen molar-refractivity contribution in [2.45, 2.75) is 44.1 Å². The fourth-order valence-electron chi connectivity index (χ4n) is 3.63. The van der Waals surface area contributed by atoms with E-state index >= 15 is 0 Å².